The minimum Gasteiger partial charge on any atom is -0.464 e. The van der Waals surface area contributed by atoms with Crippen molar-refractivity contribution >= 4 is 39.0 Å². The summed E-state index contributed by atoms with van der Waals surface area (Å²) in [4.78, 5) is 41.9. The third kappa shape index (κ3) is 3.12. The minimum atomic E-state index is -3.89. The van der Waals surface area contributed by atoms with E-state index in [1.165, 1.54) is 31.3 Å². The second-order valence-electron chi connectivity index (χ2n) is 7.00. The Morgan fingerprint density at radius 1 is 1.39 bits per heavy atom. The van der Waals surface area contributed by atoms with Crippen molar-refractivity contribution in [3.63, 3.8) is 0 Å². The number of rotatable bonds is 7. The van der Waals surface area contributed by atoms with E-state index in [1.54, 1.807) is 11.6 Å². The molecule has 28 heavy (non-hydrogen) atoms. The summed E-state index contributed by atoms with van der Waals surface area (Å²) >= 11 is 1.29. The van der Waals surface area contributed by atoms with Crippen LogP contribution in [0.4, 0.5) is 0 Å². The van der Waals surface area contributed by atoms with Gasteiger partial charge < -0.3 is 14.4 Å². The van der Waals surface area contributed by atoms with Crippen LogP contribution in [0.5, 0.6) is 0 Å². The predicted octanol–water partition coefficient (Wildman–Crippen LogP) is 0.318. The van der Waals surface area contributed by atoms with Crippen molar-refractivity contribution in [3.05, 3.63) is 29.2 Å². The lowest BCUT2D eigenvalue weighted by Crippen LogP contribution is -2.65. The van der Waals surface area contributed by atoms with E-state index in [0.29, 0.717) is 5.01 Å². The number of hydrogen-bond acceptors (Lipinski definition) is 9. The Hall–Kier alpha value is -2.27. The van der Waals surface area contributed by atoms with Crippen LogP contribution < -0.4 is 0 Å². The molecule has 1 unspecified atom stereocenters. The number of aromatic nitrogens is 1. The number of thiazole rings is 1. The highest BCUT2D eigenvalue weighted by Gasteiger charge is 2.72. The van der Waals surface area contributed by atoms with Crippen molar-refractivity contribution in [1.82, 2.24) is 9.88 Å². The normalized spacial score (nSPS) is 26.9. The summed E-state index contributed by atoms with van der Waals surface area (Å²) in [7, 11) is -3.89. The SMILES string of the molecule is C=CCOC(=O)[C@@H]1N2C(=O)C(COC(=O)Cc3nccs3)[C@H]2S(=O)(=O)C1(C)C. The highest BCUT2D eigenvalue weighted by molar-refractivity contribution is 7.93. The monoisotopic (exact) mass is 428 g/mol. The summed E-state index contributed by atoms with van der Waals surface area (Å²) in [5.41, 5.74) is 0. The van der Waals surface area contributed by atoms with Gasteiger partial charge in [-0.15, -0.1) is 11.3 Å². The minimum absolute atomic E-state index is 0.0539. The van der Waals surface area contributed by atoms with Gasteiger partial charge in [0, 0.05) is 11.6 Å². The van der Waals surface area contributed by atoms with Crippen molar-refractivity contribution < 1.29 is 32.3 Å². The van der Waals surface area contributed by atoms with Gasteiger partial charge in [0.1, 0.15) is 30.2 Å². The molecule has 152 valence electrons. The van der Waals surface area contributed by atoms with Crippen molar-refractivity contribution in [2.45, 2.75) is 36.4 Å². The van der Waals surface area contributed by atoms with Crippen molar-refractivity contribution in [1.29, 1.82) is 0 Å². The first-order valence-electron chi connectivity index (χ1n) is 8.50. The molecule has 0 aliphatic carbocycles. The summed E-state index contributed by atoms with van der Waals surface area (Å²) in [6.07, 6.45) is 2.86. The zero-order chi connectivity index (χ0) is 20.7. The molecule has 1 aromatic rings. The fourth-order valence-corrected chi connectivity index (χ4v) is 6.36. The van der Waals surface area contributed by atoms with Crippen molar-refractivity contribution in [3.8, 4) is 0 Å². The second-order valence-corrected chi connectivity index (χ2v) is 10.6. The summed E-state index contributed by atoms with van der Waals surface area (Å²) in [5, 5.41) is 1.06. The van der Waals surface area contributed by atoms with Crippen LogP contribution in [0.3, 0.4) is 0 Å². The Balaban J connectivity index is 1.73. The van der Waals surface area contributed by atoms with Gasteiger partial charge in [0.05, 0.1) is 11.2 Å². The lowest BCUT2D eigenvalue weighted by molar-refractivity contribution is -0.170. The first-order chi connectivity index (χ1) is 13.1. The molecule has 2 saturated heterocycles. The topological polar surface area (TPSA) is 120 Å². The van der Waals surface area contributed by atoms with Crippen LogP contribution in [-0.4, -0.2) is 65.5 Å². The number of carbonyl (C=O) groups excluding carboxylic acids is 3. The Bertz CT molecular complexity index is 908. The van der Waals surface area contributed by atoms with Gasteiger partial charge in [0.25, 0.3) is 0 Å². The largest absolute Gasteiger partial charge is 0.464 e. The van der Waals surface area contributed by atoms with E-state index in [2.05, 4.69) is 11.6 Å². The van der Waals surface area contributed by atoms with E-state index in [4.69, 9.17) is 9.47 Å². The first kappa shape index (κ1) is 20.5. The van der Waals surface area contributed by atoms with Gasteiger partial charge in [-0.3, -0.25) is 9.59 Å². The molecule has 3 rings (SSSR count). The van der Waals surface area contributed by atoms with Crippen LogP contribution in [0, 0.1) is 5.92 Å². The number of nitrogens with zero attached hydrogens (tertiary/aromatic N) is 2. The van der Waals surface area contributed by atoms with Crippen molar-refractivity contribution in [2.24, 2.45) is 5.92 Å². The van der Waals surface area contributed by atoms with Gasteiger partial charge in [-0.05, 0) is 13.8 Å². The van der Waals surface area contributed by atoms with Gasteiger partial charge in [-0.2, -0.15) is 0 Å². The smallest absolute Gasteiger partial charge is 0.330 e. The first-order valence-corrected chi connectivity index (χ1v) is 10.9. The fraction of sp³-hybridized carbons (Fsp3) is 0.529. The van der Waals surface area contributed by atoms with Crippen LogP contribution in [0.25, 0.3) is 0 Å². The van der Waals surface area contributed by atoms with Gasteiger partial charge in [0.2, 0.25) is 5.91 Å². The van der Waals surface area contributed by atoms with Gasteiger partial charge in [-0.25, -0.2) is 18.2 Å². The number of carbonyl (C=O) groups is 3. The van der Waals surface area contributed by atoms with Crippen LogP contribution in [0.2, 0.25) is 0 Å². The van der Waals surface area contributed by atoms with Crippen LogP contribution in [0.1, 0.15) is 18.9 Å². The van der Waals surface area contributed by atoms with Crippen LogP contribution in [-0.2, 0) is 40.1 Å². The molecule has 1 amide bonds. The molecule has 0 bridgehead atoms. The third-order valence-corrected chi connectivity index (χ3v) is 8.61. The lowest BCUT2D eigenvalue weighted by atomic mass is 9.92. The number of esters is 2. The number of fused-ring (bicyclic) bond motifs is 1. The third-order valence-electron chi connectivity index (χ3n) is 4.95. The quantitative estimate of drug-likeness (QED) is 0.346. The standard InChI is InChI=1S/C17H20N2O7S2/c1-4-6-25-16(22)13-17(2,3)28(23,24)15-10(14(21)19(13)15)9-26-12(20)8-11-18-5-7-27-11/h4-5,7,10,13,15H,1,6,8-9H2,2-3H3/t10?,13-,15+/m0/s1. The molecule has 2 aliphatic heterocycles. The summed E-state index contributed by atoms with van der Waals surface area (Å²) < 4.78 is 34.5. The van der Waals surface area contributed by atoms with E-state index in [1.807, 2.05) is 0 Å². The Morgan fingerprint density at radius 2 is 2.11 bits per heavy atom. The molecular formula is C17H20N2O7S2. The molecule has 3 atom stereocenters. The molecule has 11 heteroatoms. The van der Waals surface area contributed by atoms with Crippen LogP contribution >= 0.6 is 11.3 Å². The molecule has 1 aromatic heterocycles. The number of sulfone groups is 1. The molecule has 0 spiro atoms. The van der Waals surface area contributed by atoms with Crippen molar-refractivity contribution in [2.75, 3.05) is 13.2 Å². The molecule has 0 saturated carbocycles. The maximum atomic E-state index is 13.0. The second kappa shape index (κ2) is 7.28. The molecule has 3 heterocycles. The highest BCUT2D eigenvalue weighted by atomic mass is 32.2. The van der Waals surface area contributed by atoms with E-state index in [0.717, 1.165) is 4.90 Å². The number of hydrogen-bond donors (Lipinski definition) is 0. The maximum absolute atomic E-state index is 13.0. The summed E-state index contributed by atoms with van der Waals surface area (Å²) in [6, 6.07) is -1.25. The number of amides is 1. The maximum Gasteiger partial charge on any atom is 0.330 e. The average molecular weight is 428 g/mol. The Labute approximate surface area is 166 Å². The summed E-state index contributed by atoms with van der Waals surface area (Å²) in [6.45, 7) is 5.76. The van der Waals surface area contributed by atoms with E-state index >= 15 is 0 Å². The lowest BCUT2D eigenvalue weighted by Gasteiger charge is -2.42. The average Bonchev–Trinajstić information content (AvgIpc) is 3.17. The summed E-state index contributed by atoms with van der Waals surface area (Å²) in [5.74, 6) is -3.00. The molecule has 0 N–H and O–H groups in total. The highest BCUT2D eigenvalue weighted by Crippen LogP contribution is 2.48. The van der Waals surface area contributed by atoms with Gasteiger partial charge in [0.15, 0.2) is 15.2 Å². The molecule has 0 aromatic carbocycles. The number of ether oxygens (including phenoxy) is 2. The number of β-lactam (4-membered cyclic amide) rings is 1. The zero-order valence-electron chi connectivity index (χ0n) is 15.4. The molecule has 9 nitrogen and oxygen atoms in total. The molecule has 2 aliphatic rings. The predicted molar refractivity (Wildman–Crippen MR) is 98.8 cm³/mol. The molecule has 2 fully saturated rings. The van der Waals surface area contributed by atoms with Crippen LogP contribution in [0.15, 0.2) is 24.2 Å². The Kier molecular flexibility index (Phi) is 5.32. The van der Waals surface area contributed by atoms with E-state index in [-0.39, 0.29) is 19.6 Å². The van der Waals surface area contributed by atoms with Gasteiger partial charge in [-0.1, -0.05) is 12.7 Å². The van der Waals surface area contributed by atoms with Gasteiger partial charge >= 0.3 is 11.9 Å². The Morgan fingerprint density at radius 3 is 2.71 bits per heavy atom. The molecule has 0 radical (unpaired) electrons. The molecular weight excluding hydrogens is 408 g/mol. The van der Waals surface area contributed by atoms with E-state index in [9.17, 15) is 22.8 Å². The van der Waals surface area contributed by atoms with E-state index < -0.39 is 49.8 Å². The zero-order valence-corrected chi connectivity index (χ0v) is 17.0. The fourth-order valence-electron chi connectivity index (χ4n) is 3.46.